The molecule has 0 saturated carbocycles. The second-order valence-electron chi connectivity index (χ2n) is 3.28. The van der Waals surface area contributed by atoms with Crippen molar-refractivity contribution in [3.63, 3.8) is 0 Å². The monoisotopic (exact) mass is 200 g/mol. The molecule has 0 aliphatic carbocycles. The molecule has 0 unspecified atom stereocenters. The lowest BCUT2D eigenvalue weighted by atomic mass is 10.2. The van der Waals surface area contributed by atoms with E-state index in [1.54, 1.807) is 12.4 Å². The number of aryl methyl sites for hydroxylation is 1. The lowest BCUT2D eigenvalue weighted by molar-refractivity contribution is 1.21. The van der Waals surface area contributed by atoms with Crippen molar-refractivity contribution in [2.45, 2.75) is 6.92 Å². The van der Waals surface area contributed by atoms with Crippen LogP contribution in [0.15, 0.2) is 36.7 Å². The quantitative estimate of drug-likeness (QED) is 0.779. The third-order valence-electron chi connectivity index (χ3n) is 2.04. The van der Waals surface area contributed by atoms with Crippen LogP contribution in [0.2, 0.25) is 0 Å². The van der Waals surface area contributed by atoms with E-state index in [-0.39, 0.29) is 0 Å². The number of nitrogens with zero attached hydrogens (tertiary/aromatic N) is 2. The molecule has 1 heterocycles. The zero-order valence-corrected chi connectivity index (χ0v) is 8.44. The van der Waals surface area contributed by atoms with Gasteiger partial charge in [-0.2, -0.15) is 0 Å². The van der Waals surface area contributed by atoms with E-state index >= 15 is 0 Å². The summed E-state index contributed by atoms with van der Waals surface area (Å²) in [6.07, 6.45) is 3.17. The van der Waals surface area contributed by atoms with E-state index in [0.29, 0.717) is 11.6 Å². The van der Waals surface area contributed by atoms with Crippen LogP contribution in [-0.4, -0.2) is 9.97 Å². The van der Waals surface area contributed by atoms with E-state index in [1.807, 2.05) is 31.2 Å². The van der Waals surface area contributed by atoms with E-state index < -0.39 is 0 Å². The molecule has 0 radical (unpaired) electrons. The first-order valence-electron chi connectivity index (χ1n) is 4.66. The lowest BCUT2D eigenvalue weighted by Gasteiger charge is -2.06. The van der Waals surface area contributed by atoms with Gasteiger partial charge in [-0.3, -0.25) is 0 Å². The van der Waals surface area contributed by atoms with Crippen LogP contribution in [0.1, 0.15) is 5.56 Å². The molecule has 0 saturated heterocycles. The van der Waals surface area contributed by atoms with E-state index in [4.69, 9.17) is 5.73 Å². The minimum Gasteiger partial charge on any atom is -0.381 e. The van der Waals surface area contributed by atoms with E-state index in [2.05, 4.69) is 15.3 Å². The summed E-state index contributed by atoms with van der Waals surface area (Å²) < 4.78 is 0. The molecule has 0 fully saturated rings. The summed E-state index contributed by atoms with van der Waals surface area (Å²) in [6.45, 7) is 2.04. The molecular formula is C11H12N4. The summed E-state index contributed by atoms with van der Waals surface area (Å²) in [4.78, 5) is 8.04. The largest absolute Gasteiger partial charge is 0.381 e. The molecule has 4 nitrogen and oxygen atoms in total. The zero-order valence-electron chi connectivity index (χ0n) is 8.44. The number of aromatic nitrogens is 2. The number of hydrogen-bond acceptors (Lipinski definition) is 4. The number of anilines is 3. The van der Waals surface area contributed by atoms with Crippen LogP contribution < -0.4 is 11.1 Å². The average Bonchev–Trinajstić information content (AvgIpc) is 2.25. The molecule has 76 valence electrons. The number of nitrogen functional groups attached to an aromatic ring is 1. The standard InChI is InChI=1S/C11H12N4/c1-8-2-4-9(5-3-8)15-11-10(12)13-6-7-14-11/h2-7H,1H3,(H2,12,13)(H,14,15). The van der Waals surface area contributed by atoms with E-state index in [1.165, 1.54) is 5.56 Å². The summed E-state index contributed by atoms with van der Waals surface area (Å²) in [5.74, 6) is 0.986. The maximum Gasteiger partial charge on any atom is 0.173 e. The van der Waals surface area contributed by atoms with Crippen LogP contribution in [0.4, 0.5) is 17.3 Å². The van der Waals surface area contributed by atoms with Gasteiger partial charge in [0.05, 0.1) is 0 Å². The van der Waals surface area contributed by atoms with Gasteiger partial charge in [-0.1, -0.05) is 17.7 Å². The van der Waals surface area contributed by atoms with Gasteiger partial charge < -0.3 is 11.1 Å². The Bertz CT molecular complexity index is 450. The van der Waals surface area contributed by atoms with Gasteiger partial charge in [-0.05, 0) is 19.1 Å². The number of nitrogens with one attached hydrogen (secondary N) is 1. The average molecular weight is 200 g/mol. The van der Waals surface area contributed by atoms with Gasteiger partial charge in [-0.25, -0.2) is 9.97 Å². The van der Waals surface area contributed by atoms with Crippen molar-refractivity contribution < 1.29 is 0 Å². The van der Waals surface area contributed by atoms with Crippen LogP contribution in [0, 0.1) is 6.92 Å². The number of benzene rings is 1. The van der Waals surface area contributed by atoms with Gasteiger partial charge in [-0.15, -0.1) is 0 Å². The molecule has 4 heteroatoms. The van der Waals surface area contributed by atoms with Gasteiger partial charge >= 0.3 is 0 Å². The van der Waals surface area contributed by atoms with Gasteiger partial charge in [0.2, 0.25) is 0 Å². The van der Waals surface area contributed by atoms with Crippen LogP contribution in [0.3, 0.4) is 0 Å². The molecule has 1 aromatic carbocycles. The topological polar surface area (TPSA) is 63.8 Å². The Labute approximate surface area is 88.2 Å². The highest BCUT2D eigenvalue weighted by Crippen LogP contribution is 2.17. The maximum absolute atomic E-state index is 5.66. The van der Waals surface area contributed by atoms with Gasteiger partial charge in [0.15, 0.2) is 11.6 Å². The Balaban J connectivity index is 2.22. The van der Waals surface area contributed by atoms with E-state index in [0.717, 1.165) is 5.69 Å². The molecule has 0 atom stereocenters. The first-order valence-corrected chi connectivity index (χ1v) is 4.66. The van der Waals surface area contributed by atoms with Crippen molar-refractivity contribution in [2.24, 2.45) is 0 Å². The van der Waals surface area contributed by atoms with Gasteiger partial charge in [0.1, 0.15) is 0 Å². The molecule has 2 rings (SSSR count). The molecule has 0 bridgehead atoms. The zero-order chi connectivity index (χ0) is 10.7. The van der Waals surface area contributed by atoms with Crippen molar-refractivity contribution in [1.82, 2.24) is 9.97 Å². The number of nitrogens with two attached hydrogens (primary N) is 1. The Morgan fingerprint density at radius 3 is 2.40 bits per heavy atom. The fourth-order valence-corrected chi connectivity index (χ4v) is 1.22. The first kappa shape index (κ1) is 9.45. The number of rotatable bonds is 2. The van der Waals surface area contributed by atoms with Crippen molar-refractivity contribution in [2.75, 3.05) is 11.1 Å². The maximum atomic E-state index is 5.66. The Morgan fingerprint density at radius 1 is 1.07 bits per heavy atom. The van der Waals surface area contributed by atoms with E-state index in [9.17, 15) is 0 Å². The fourth-order valence-electron chi connectivity index (χ4n) is 1.22. The lowest BCUT2D eigenvalue weighted by Crippen LogP contribution is -2.00. The molecule has 1 aromatic heterocycles. The second-order valence-corrected chi connectivity index (χ2v) is 3.28. The third-order valence-corrected chi connectivity index (χ3v) is 2.04. The Morgan fingerprint density at radius 2 is 1.73 bits per heavy atom. The van der Waals surface area contributed by atoms with Gasteiger partial charge in [0, 0.05) is 18.1 Å². The van der Waals surface area contributed by atoms with Crippen molar-refractivity contribution in [3.8, 4) is 0 Å². The molecule has 0 aliphatic heterocycles. The minimum absolute atomic E-state index is 0.401. The summed E-state index contributed by atoms with van der Waals surface area (Å²) >= 11 is 0. The summed E-state index contributed by atoms with van der Waals surface area (Å²) in [7, 11) is 0. The summed E-state index contributed by atoms with van der Waals surface area (Å²) in [5, 5.41) is 3.10. The van der Waals surface area contributed by atoms with Crippen LogP contribution >= 0.6 is 0 Å². The first-order chi connectivity index (χ1) is 7.25. The molecule has 2 aromatic rings. The molecule has 0 amide bonds. The molecule has 3 N–H and O–H groups in total. The highest BCUT2D eigenvalue weighted by atomic mass is 15.0. The second kappa shape index (κ2) is 3.96. The third kappa shape index (κ3) is 2.22. The van der Waals surface area contributed by atoms with Crippen molar-refractivity contribution in [3.05, 3.63) is 42.2 Å². The van der Waals surface area contributed by atoms with Crippen LogP contribution in [-0.2, 0) is 0 Å². The van der Waals surface area contributed by atoms with Gasteiger partial charge in [0.25, 0.3) is 0 Å². The van der Waals surface area contributed by atoms with Crippen molar-refractivity contribution in [1.29, 1.82) is 0 Å². The molecule has 0 spiro atoms. The Kier molecular flexibility index (Phi) is 2.49. The molecule has 15 heavy (non-hydrogen) atoms. The number of hydrogen-bond donors (Lipinski definition) is 2. The minimum atomic E-state index is 0.401. The van der Waals surface area contributed by atoms with Crippen molar-refractivity contribution >= 4 is 17.3 Å². The Hall–Kier alpha value is -2.10. The van der Waals surface area contributed by atoms with Crippen LogP contribution in [0.25, 0.3) is 0 Å². The molecule has 0 aliphatic rings. The normalized spacial score (nSPS) is 9.93. The highest BCUT2D eigenvalue weighted by molar-refractivity contribution is 5.65. The fraction of sp³-hybridized carbons (Fsp3) is 0.0909. The SMILES string of the molecule is Cc1ccc(Nc2nccnc2N)cc1. The smallest absolute Gasteiger partial charge is 0.173 e. The van der Waals surface area contributed by atoms with Crippen LogP contribution in [0.5, 0.6) is 0 Å². The predicted molar refractivity (Wildman–Crippen MR) is 60.9 cm³/mol. The summed E-state index contributed by atoms with van der Waals surface area (Å²) in [6, 6.07) is 8.00. The highest BCUT2D eigenvalue weighted by Gasteiger charge is 2.00. The predicted octanol–water partition coefficient (Wildman–Crippen LogP) is 2.11. The summed E-state index contributed by atoms with van der Waals surface area (Å²) in [5.41, 5.74) is 7.83. The molecular weight excluding hydrogens is 188 g/mol.